The molecule has 0 N–H and O–H groups in total. The second kappa shape index (κ2) is 4.88. The molecular weight excluding hydrogens is 229 g/mol. The molecule has 17 heavy (non-hydrogen) atoms. The van der Waals surface area contributed by atoms with Crippen molar-refractivity contribution < 1.29 is 4.74 Å². The van der Waals surface area contributed by atoms with Gasteiger partial charge >= 0.3 is 0 Å². The van der Waals surface area contributed by atoms with E-state index in [9.17, 15) is 0 Å². The zero-order valence-corrected chi connectivity index (χ0v) is 12.8. The molecule has 1 unspecified atom stereocenters. The lowest BCUT2D eigenvalue weighted by atomic mass is 10.1. The minimum Gasteiger partial charge on any atom is -0.478 e. The van der Waals surface area contributed by atoms with Crippen LogP contribution in [0.15, 0.2) is 4.99 Å². The predicted molar refractivity (Wildman–Crippen MR) is 76.6 cm³/mol. The van der Waals surface area contributed by atoms with Crippen molar-refractivity contribution in [1.29, 1.82) is 0 Å². The van der Waals surface area contributed by atoms with Crippen molar-refractivity contribution in [1.82, 2.24) is 0 Å². The lowest BCUT2D eigenvalue weighted by Gasteiger charge is -2.32. The van der Waals surface area contributed by atoms with Gasteiger partial charge in [0, 0.05) is 0 Å². The molecule has 2 nitrogen and oxygen atoms in total. The van der Waals surface area contributed by atoms with Crippen molar-refractivity contribution in [3.05, 3.63) is 0 Å². The van der Waals surface area contributed by atoms with Crippen LogP contribution in [0.3, 0.4) is 0 Å². The molecular formula is C14H26NOP. The summed E-state index contributed by atoms with van der Waals surface area (Å²) in [6.07, 6.45) is 4.06. The Hall–Kier alpha value is -0.100. The maximum atomic E-state index is 5.90. The summed E-state index contributed by atoms with van der Waals surface area (Å²) in [7, 11) is 0.0453. The number of hydrogen-bond donors (Lipinski definition) is 0. The molecule has 0 aromatic rings. The SMILES string of the molecule is CC(C)[C@H]1COC([C@H]2CCCP2C(C)(C)C)=N1. The van der Waals surface area contributed by atoms with E-state index in [1.54, 1.807) is 0 Å². The molecule has 2 rings (SSSR count). The summed E-state index contributed by atoms with van der Waals surface area (Å²) in [5, 5.41) is 0.443. The van der Waals surface area contributed by atoms with Crippen molar-refractivity contribution in [3.8, 4) is 0 Å². The number of hydrogen-bond acceptors (Lipinski definition) is 2. The molecule has 1 saturated heterocycles. The molecule has 0 aliphatic carbocycles. The second-order valence-corrected chi connectivity index (χ2v) is 9.96. The van der Waals surface area contributed by atoms with Gasteiger partial charge in [0.1, 0.15) is 6.61 Å². The Morgan fingerprint density at radius 2 is 2.06 bits per heavy atom. The maximum absolute atomic E-state index is 5.90. The fraction of sp³-hybridized carbons (Fsp3) is 0.929. The summed E-state index contributed by atoms with van der Waals surface area (Å²) < 4.78 is 5.90. The highest BCUT2D eigenvalue weighted by Gasteiger charge is 2.41. The van der Waals surface area contributed by atoms with Crippen LogP contribution in [0.4, 0.5) is 0 Å². The Bertz CT molecular complexity index is 306. The smallest absolute Gasteiger partial charge is 0.191 e. The van der Waals surface area contributed by atoms with Gasteiger partial charge in [0.15, 0.2) is 5.90 Å². The first kappa shape index (κ1) is 13.3. The standard InChI is InChI=1S/C14H26NOP/c1-10(2)11-9-16-13(15-11)12-7-6-8-17(12)14(3,4)5/h10-12H,6-9H2,1-5H3/t11-,12-,17?/m1/s1. The average Bonchev–Trinajstić information content (AvgIpc) is 2.85. The first-order chi connectivity index (χ1) is 7.89. The van der Waals surface area contributed by atoms with Gasteiger partial charge in [-0.05, 0) is 30.1 Å². The Morgan fingerprint density at radius 1 is 1.35 bits per heavy atom. The van der Waals surface area contributed by atoms with Crippen LogP contribution in [0.1, 0.15) is 47.5 Å². The molecule has 3 heteroatoms. The van der Waals surface area contributed by atoms with E-state index in [1.165, 1.54) is 19.0 Å². The van der Waals surface area contributed by atoms with Crippen molar-refractivity contribution in [2.75, 3.05) is 12.8 Å². The molecule has 0 bridgehead atoms. The van der Waals surface area contributed by atoms with Crippen LogP contribution in [0.5, 0.6) is 0 Å². The van der Waals surface area contributed by atoms with Gasteiger partial charge in [0.05, 0.1) is 11.7 Å². The molecule has 2 aliphatic heterocycles. The van der Waals surface area contributed by atoms with E-state index in [1.807, 2.05) is 0 Å². The molecule has 2 aliphatic rings. The number of aliphatic imine (C=N–C) groups is 1. The lowest BCUT2D eigenvalue weighted by Crippen LogP contribution is -2.24. The second-order valence-electron chi connectivity index (χ2n) is 6.61. The molecule has 98 valence electrons. The monoisotopic (exact) mass is 255 g/mol. The van der Waals surface area contributed by atoms with E-state index in [-0.39, 0.29) is 7.92 Å². The Labute approximate surface area is 107 Å². The van der Waals surface area contributed by atoms with E-state index in [0.29, 0.717) is 22.8 Å². The third-order valence-electron chi connectivity index (χ3n) is 3.86. The average molecular weight is 255 g/mol. The minimum absolute atomic E-state index is 0.0453. The van der Waals surface area contributed by atoms with Crippen LogP contribution in [-0.4, -0.2) is 35.5 Å². The van der Waals surface area contributed by atoms with Gasteiger partial charge in [-0.15, -0.1) is 0 Å². The Kier molecular flexibility index (Phi) is 3.83. The van der Waals surface area contributed by atoms with Gasteiger partial charge in [-0.1, -0.05) is 42.5 Å². The lowest BCUT2D eigenvalue weighted by molar-refractivity contribution is 0.286. The van der Waals surface area contributed by atoms with Crippen LogP contribution in [0, 0.1) is 5.92 Å². The Morgan fingerprint density at radius 3 is 2.59 bits per heavy atom. The molecule has 2 heterocycles. The summed E-state index contributed by atoms with van der Waals surface area (Å²) in [6, 6.07) is 0.405. The van der Waals surface area contributed by atoms with Crippen LogP contribution >= 0.6 is 7.92 Å². The molecule has 0 spiro atoms. The fourth-order valence-electron chi connectivity index (χ4n) is 2.76. The topological polar surface area (TPSA) is 21.6 Å². The van der Waals surface area contributed by atoms with Gasteiger partial charge in [0.25, 0.3) is 0 Å². The summed E-state index contributed by atoms with van der Waals surface area (Å²) in [5.74, 6) is 1.71. The zero-order chi connectivity index (χ0) is 12.6. The van der Waals surface area contributed by atoms with E-state index < -0.39 is 0 Å². The van der Waals surface area contributed by atoms with Crippen LogP contribution < -0.4 is 0 Å². The van der Waals surface area contributed by atoms with Gasteiger partial charge in [-0.25, -0.2) is 4.99 Å². The third kappa shape index (κ3) is 2.84. The van der Waals surface area contributed by atoms with Crippen LogP contribution in [0.25, 0.3) is 0 Å². The van der Waals surface area contributed by atoms with Gasteiger partial charge in [-0.2, -0.15) is 0 Å². The highest BCUT2D eigenvalue weighted by molar-refractivity contribution is 7.61. The van der Waals surface area contributed by atoms with Crippen molar-refractivity contribution in [2.24, 2.45) is 10.9 Å². The predicted octanol–water partition coefficient (Wildman–Crippen LogP) is 3.88. The normalized spacial score (nSPS) is 34.0. The van der Waals surface area contributed by atoms with Gasteiger partial charge < -0.3 is 4.74 Å². The fourth-order valence-corrected chi connectivity index (χ4v) is 6.10. The van der Waals surface area contributed by atoms with Gasteiger partial charge in [-0.3, -0.25) is 0 Å². The van der Waals surface area contributed by atoms with E-state index in [2.05, 4.69) is 34.6 Å². The van der Waals surface area contributed by atoms with Crippen molar-refractivity contribution in [3.63, 3.8) is 0 Å². The number of ether oxygens (including phenoxy) is 1. The summed E-state index contributed by atoms with van der Waals surface area (Å²) in [4.78, 5) is 4.84. The van der Waals surface area contributed by atoms with Crippen molar-refractivity contribution in [2.45, 2.75) is 64.3 Å². The highest BCUT2D eigenvalue weighted by Crippen LogP contribution is 2.60. The zero-order valence-electron chi connectivity index (χ0n) is 11.9. The largest absolute Gasteiger partial charge is 0.478 e. The van der Waals surface area contributed by atoms with Crippen LogP contribution in [-0.2, 0) is 4.74 Å². The molecule has 0 aromatic carbocycles. The van der Waals surface area contributed by atoms with E-state index >= 15 is 0 Å². The first-order valence-corrected chi connectivity index (χ1v) is 8.46. The molecule has 0 saturated carbocycles. The molecule has 0 radical (unpaired) electrons. The van der Waals surface area contributed by atoms with E-state index in [4.69, 9.17) is 9.73 Å². The summed E-state index contributed by atoms with van der Waals surface area (Å²) >= 11 is 0. The summed E-state index contributed by atoms with van der Waals surface area (Å²) in [5.41, 5.74) is 0.647. The highest BCUT2D eigenvalue weighted by atomic mass is 31.1. The molecule has 1 fully saturated rings. The minimum atomic E-state index is 0.0453. The van der Waals surface area contributed by atoms with E-state index in [0.717, 1.165) is 12.5 Å². The molecule has 0 aromatic heterocycles. The third-order valence-corrected chi connectivity index (χ3v) is 7.62. The summed E-state index contributed by atoms with van der Waals surface area (Å²) in [6.45, 7) is 12.4. The van der Waals surface area contributed by atoms with Crippen molar-refractivity contribution >= 4 is 13.8 Å². The quantitative estimate of drug-likeness (QED) is 0.686. The molecule has 3 atom stereocenters. The molecule has 0 amide bonds. The van der Waals surface area contributed by atoms with Crippen LogP contribution in [0.2, 0.25) is 0 Å². The van der Waals surface area contributed by atoms with Gasteiger partial charge in [0.2, 0.25) is 0 Å². The number of rotatable bonds is 2. The maximum Gasteiger partial charge on any atom is 0.191 e. The number of nitrogens with zero attached hydrogens (tertiary/aromatic N) is 1. The Balaban J connectivity index is 2.10. The first-order valence-electron chi connectivity index (χ1n) is 6.87.